The highest BCUT2D eigenvalue weighted by Gasteiger charge is 2.52. The maximum absolute atomic E-state index is 13.4. The molecule has 2 heterocycles. The monoisotopic (exact) mass is 292 g/mol. The van der Waals surface area contributed by atoms with Gasteiger partial charge in [-0.3, -0.25) is 0 Å². The number of hydrogen-bond donors (Lipinski definition) is 1. The van der Waals surface area contributed by atoms with Gasteiger partial charge in [0.2, 0.25) is 0 Å². The van der Waals surface area contributed by atoms with E-state index in [4.69, 9.17) is 4.74 Å². The Kier molecular flexibility index (Phi) is 3.85. The van der Waals surface area contributed by atoms with Crippen LogP contribution < -0.4 is 5.32 Å². The van der Waals surface area contributed by atoms with Gasteiger partial charge in [0.25, 0.3) is 0 Å². The molecular formula is C16H21FN2O2. The van der Waals surface area contributed by atoms with Crippen molar-refractivity contribution in [3.63, 3.8) is 0 Å². The first kappa shape index (κ1) is 14.3. The van der Waals surface area contributed by atoms with Crippen molar-refractivity contribution >= 4 is 11.7 Å². The average molecular weight is 292 g/mol. The van der Waals surface area contributed by atoms with Crippen LogP contribution in [0.15, 0.2) is 24.3 Å². The number of ether oxygens (including phenoxy) is 1. The second kappa shape index (κ2) is 5.64. The standard InChI is InChI=1S/C16H21FN2O2/c1-2-21-15(20)16(7-9-19-8-6-12(16)11-19)18-14-5-3-4-13(17)10-14/h3-5,10,12,18H,2,6-9,11H2,1H3. The van der Waals surface area contributed by atoms with E-state index < -0.39 is 5.54 Å². The molecule has 1 aromatic carbocycles. The molecule has 2 aliphatic heterocycles. The summed E-state index contributed by atoms with van der Waals surface area (Å²) >= 11 is 0. The number of piperidine rings is 1. The molecule has 2 fully saturated rings. The Morgan fingerprint density at radius 1 is 1.52 bits per heavy atom. The van der Waals surface area contributed by atoms with Gasteiger partial charge in [-0.05, 0) is 44.5 Å². The zero-order valence-electron chi connectivity index (χ0n) is 12.3. The second-order valence-electron chi connectivity index (χ2n) is 5.86. The summed E-state index contributed by atoms with van der Waals surface area (Å²) in [5, 5.41) is 3.31. The molecule has 2 saturated heterocycles. The van der Waals surface area contributed by atoms with Crippen LogP contribution in [0.5, 0.6) is 0 Å². The van der Waals surface area contributed by atoms with Crippen LogP contribution >= 0.6 is 0 Å². The first-order valence-electron chi connectivity index (χ1n) is 7.57. The number of benzene rings is 1. The minimum absolute atomic E-state index is 0.208. The Hall–Kier alpha value is -1.62. The number of fused-ring (bicyclic) bond motifs is 2. The predicted octanol–water partition coefficient (Wildman–Crippen LogP) is 2.27. The van der Waals surface area contributed by atoms with Gasteiger partial charge in [-0.15, -0.1) is 0 Å². The van der Waals surface area contributed by atoms with E-state index in [0.29, 0.717) is 18.7 Å². The Morgan fingerprint density at radius 3 is 3.14 bits per heavy atom. The Bertz CT molecular complexity index is 537. The van der Waals surface area contributed by atoms with Gasteiger partial charge in [0.15, 0.2) is 0 Å². The molecule has 0 saturated carbocycles. The molecule has 3 rings (SSSR count). The van der Waals surface area contributed by atoms with Crippen LogP contribution in [0.3, 0.4) is 0 Å². The van der Waals surface area contributed by atoms with Crippen LogP contribution in [0.2, 0.25) is 0 Å². The minimum atomic E-state index is -0.725. The fourth-order valence-corrected chi connectivity index (χ4v) is 3.54. The first-order chi connectivity index (χ1) is 10.1. The molecule has 0 aliphatic carbocycles. The van der Waals surface area contributed by atoms with E-state index in [1.54, 1.807) is 12.1 Å². The topological polar surface area (TPSA) is 41.6 Å². The predicted molar refractivity (Wildman–Crippen MR) is 78.6 cm³/mol. The van der Waals surface area contributed by atoms with E-state index in [1.807, 2.05) is 6.92 Å². The second-order valence-corrected chi connectivity index (χ2v) is 5.86. The van der Waals surface area contributed by atoms with E-state index in [0.717, 1.165) is 26.1 Å². The van der Waals surface area contributed by atoms with Crippen LogP contribution in [0.25, 0.3) is 0 Å². The molecule has 21 heavy (non-hydrogen) atoms. The molecule has 0 aromatic heterocycles. The summed E-state index contributed by atoms with van der Waals surface area (Å²) in [5.74, 6) is -0.294. The van der Waals surface area contributed by atoms with Crippen molar-refractivity contribution in [2.75, 3.05) is 31.6 Å². The third kappa shape index (κ3) is 2.62. The highest BCUT2D eigenvalue weighted by Crippen LogP contribution is 2.39. The number of anilines is 1. The van der Waals surface area contributed by atoms with Crippen molar-refractivity contribution in [3.05, 3.63) is 30.1 Å². The Morgan fingerprint density at radius 2 is 2.38 bits per heavy atom. The summed E-state index contributed by atoms with van der Waals surface area (Å²) in [7, 11) is 0. The summed E-state index contributed by atoms with van der Waals surface area (Å²) in [5.41, 5.74) is -0.0834. The molecular weight excluding hydrogens is 271 g/mol. The molecule has 2 aliphatic rings. The molecule has 4 nitrogen and oxygen atoms in total. The number of hydrogen-bond acceptors (Lipinski definition) is 4. The van der Waals surface area contributed by atoms with E-state index in [1.165, 1.54) is 12.1 Å². The summed E-state index contributed by atoms with van der Waals surface area (Å²) in [6, 6.07) is 6.29. The molecule has 0 amide bonds. The van der Waals surface area contributed by atoms with Gasteiger partial charge in [-0.2, -0.15) is 0 Å². The van der Waals surface area contributed by atoms with Crippen molar-refractivity contribution in [2.45, 2.75) is 25.3 Å². The quantitative estimate of drug-likeness (QED) is 0.864. The lowest BCUT2D eigenvalue weighted by molar-refractivity contribution is -0.151. The van der Waals surface area contributed by atoms with Crippen LogP contribution in [-0.4, -0.2) is 42.6 Å². The number of esters is 1. The van der Waals surface area contributed by atoms with Gasteiger partial charge in [0.1, 0.15) is 11.4 Å². The van der Waals surface area contributed by atoms with E-state index in [9.17, 15) is 9.18 Å². The molecule has 114 valence electrons. The van der Waals surface area contributed by atoms with Gasteiger partial charge in [0, 0.05) is 24.7 Å². The lowest BCUT2D eigenvalue weighted by atomic mass is 9.78. The van der Waals surface area contributed by atoms with Gasteiger partial charge in [-0.25, -0.2) is 9.18 Å². The van der Waals surface area contributed by atoms with Crippen molar-refractivity contribution in [2.24, 2.45) is 5.92 Å². The number of nitrogens with zero attached hydrogens (tertiary/aromatic N) is 1. The van der Waals surface area contributed by atoms with Gasteiger partial charge < -0.3 is 15.0 Å². The maximum Gasteiger partial charge on any atom is 0.332 e. The van der Waals surface area contributed by atoms with Gasteiger partial charge in [0.05, 0.1) is 6.61 Å². The van der Waals surface area contributed by atoms with E-state index in [2.05, 4.69) is 10.2 Å². The van der Waals surface area contributed by atoms with Crippen LogP contribution in [0.1, 0.15) is 19.8 Å². The lowest BCUT2D eigenvalue weighted by Gasteiger charge is -2.41. The van der Waals surface area contributed by atoms with Crippen molar-refractivity contribution < 1.29 is 13.9 Å². The maximum atomic E-state index is 13.4. The number of halogens is 1. The van der Waals surface area contributed by atoms with Gasteiger partial charge >= 0.3 is 5.97 Å². The molecule has 0 spiro atoms. The highest BCUT2D eigenvalue weighted by molar-refractivity contribution is 5.85. The molecule has 0 radical (unpaired) electrons. The summed E-state index contributed by atoms with van der Waals surface area (Å²) in [6.45, 7) is 4.98. The smallest absolute Gasteiger partial charge is 0.332 e. The number of nitrogens with one attached hydrogen (secondary N) is 1. The molecule has 1 N–H and O–H groups in total. The number of rotatable bonds is 4. The van der Waals surface area contributed by atoms with Gasteiger partial charge in [-0.1, -0.05) is 6.07 Å². The molecule has 3 unspecified atom stereocenters. The minimum Gasteiger partial charge on any atom is -0.464 e. The molecule has 3 atom stereocenters. The zero-order chi connectivity index (χ0) is 14.9. The average Bonchev–Trinajstić information content (AvgIpc) is 2.87. The normalized spacial score (nSPS) is 31.0. The number of carbonyl (C=O) groups excluding carboxylic acids is 1. The summed E-state index contributed by atoms with van der Waals surface area (Å²) in [4.78, 5) is 15.0. The Balaban J connectivity index is 1.90. The van der Waals surface area contributed by atoms with Crippen LogP contribution in [-0.2, 0) is 9.53 Å². The van der Waals surface area contributed by atoms with E-state index >= 15 is 0 Å². The fourth-order valence-electron chi connectivity index (χ4n) is 3.54. The molecule has 1 aromatic rings. The third-order valence-corrected chi connectivity index (χ3v) is 4.62. The number of carbonyl (C=O) groups is 1. The molecule has 2 bridgehead atoms. The molecule has 5 heteroatoms. The Labute approximate surface area is 124 Å². The van der Waals surface area contributed by atoms with Crippen molar-refractivity contribution in [1.82, 2.24) is 4.90 Å². The zero-order valence-corrected chi connectivity index (χ0v) is 12.3. The van der Waals surface area contributed by atoms with Crippen LogP contribution in [0, 0.1) is 11.7 Å². The fraction of sp³-hybridized carbons (Fsp3) is 0.562. The highest BCUT2D eigenvalue weighted by atomic mass is 19.1. The summed E-state index contributed by atoms with van der Waals surface area (Å²) < 4.78 is 18.7. The van der Waals surface area contributed by atoms with Crippen molar-refractivity contribution in [1.29, 1.82) is 0 Å². The third-order valence-electron chi connectivity index (χ3n) is 4.62. The van der Waals surface area contributed by atoms with E-state index in [-0.39, 0.29) is 17.7 Å². The first-order valence-corrected chi connectivity index (χ1v) is 7.57. The SMILES string of the molecule is CCOC(=O)C1(Nc2cccc(F)c2)CCN2CCC1C2. The van der Waals surface area contributed by atoms with Crippen LogP contribution in [0.4, 0.5) is 10.1 Å². The largest absolute Gasteiger partial charge is 0.464 e. The lowest BCUT2D eigenvalue weighted by Crippen LogP contribution is -2.58. The summed E-state index contributed by atoms with van der Waals surface area (Å²) in [6.07, 6.45) is 1.67. The van der Waals surface area contributed by atoms with Crippen molar-refractivity contribution in [3.8, 4) is 0 Å².